The largest absolute Gasteiger partial charge is 0.386 e. The van der Waals surface area contributed by atoms with Crippen molar-refractivity contribution in [3.05, 3.63) is 24.2 Å². The monoisotopic (exact) mass is 274 g/mol. The third kappa shape index (κ3) is 1.97. The Bertz CT molecular complexity index is 626. The Morgan fingerprint density at radius 2 is 1.95 bits per heavy atom. The van der Waals surface area contributed by atoms with Gasteiger partial charge in [0.2, 0.25) is 0 Å². The van der Waals surface area contributed by atoms with Crippen molar-refractivity contribution in [2.75, 3.05) is 18.0 Å². The van der Waals surface area contributed by atoms with E-state index in [2.05, 4.69) is 48.7 Å². The molecule has 0 radical (unpaired) electrons. The molecule has 1 fully saturated rings. The SMILES string of the molecule is CC(C)c1cc2c(N3CC(O)(C(C)C)C3)nccn2n1. The van der Waals surface area contributed by atoms with E-state index < -0.39 is 5.60 Å². The predicted molar refractivity (Wildman–Crippen MR) is 79.1 cm³/mol. The molecule has 0 spiro atoms. The fourth-order valence-electron chi connectivity index (χ4n) is 2.58. The van der Waals surface area contributed by atoms with Gasteiger partial charge in [0.1, 0.15) is 11.1 Å². The minimum absolute atomic E-state index is 0.259. The van der Waals surface area contributed by atoms with Crippen LogP contribution in [-0.4, -0.2) is 38.4 Å². The molecule has 108 valence electrons. The molecule has 0 bridgehead atoms. The molecule has 5 nitrogen and oxygen atoms in total. The van der Waals surface area contributed by atoms with Crippen LogP contribution in [0.5, 0.6) is 0 Å². The summed E-state index contributed by atoms with van der Waals surface area (Å²) in [6, 6.07) is 2.10. The van der Waals surface area contributed by atoms with Crippen molar-refractivity contribution >= 4 is 11.3 Å². The first-order chi connectivity index (χ1) is 9.40. The van der Waals surface area contributed by atoms with Crippen LogP contribution in [0, 0.1) is 5.92 Å². The Hall–Kier alpha value is -1.62. The van der Waals surface area contributed by atoms with Gasteiger partial charge in [0.15, 0.2) is 5.82 Å². The van der Waals surface area contributed by atoms with Crippen molar-refractivity contribution in [1.29, 1.82) is 0 Å². The highest BCUT2D eigenvalue weighted by atomic mass is 16.3. The summed E-state index contributed by atoms with van der Waals surface area (Å²) in [5.41, 5.74) is 1.50. The molecule has 1 saturated heterocycles. The van der Waals surface area contributed by atoms with Gasteiger partial charge in [0.05, 0.1) is 18.8 Å². The first-order valence-corrected chi connectivity index (χ1v) is 7.22. The van der Waals surface area contributed by atoms with Crippen molar-refractivity contribution in [2.45, 2.75) is 39.2 Å². The third-order valence-electron chi connectivity index (χ3n) is 4.28. The van der Waals surface area contributed by atoms with Gasteiger partial charge in [-0.1, -0.05) is 27.7 Å². The zero-order valence-corrected chi connectivity index (χ0v) is 12.5. The fourth-order valence-corrected chi connectivity index (χ4v) is 2.58. The molecule has 3 heterocycles. The average Bonchev–Trinajstić information content (AvgIpc) is 2.78. The van der Waals surface area contributed by atoms with Gasteiger partial charge < -0.3 is 10.0 Å². The molecule has 1 aliphatic heterocycles. The summed E-state index contributed by atoms with van der Waals surface area (Å²) in [7, 11) is 0. The lowest BCUT2D eigenvalue weighted by Crippen LogP contribution is -2.65. The molecule has 2 aromatic heterocycles. The van der Waals surface area contributed by atoms with Gasteiger partial charge in [-0.15, -0.1) is 0 Å². The lowest BCUT2D eigenvalue weighted by molar-refractivity contribution is -0.0303. The predicted octanol–water partition coefficient (Wildman–Crippen LogP) is 2.06. The van der Waals surface area contributed by atoms with Crippen molar-refractivity contribution in [3.63, 3.8) is 0 Å². The fraction of sp³-hybridized carbons (Fsp3) is 0.600. The zero-order valence-electron chi connectivity index (χ0n) is 12.5. The van der Waals surface area contributed by atoms with Crippen molar-refractivity contribution < 1.29 is 5.11 Å². The number of β-amino-alcohol motifs (C(OH)–C–C–N with tert-alkyl or cyclic N) is 1. The normalized spacial score (nSPS) is 18.1. The summed E-state index contributed by atoms with van der Waals surface area (Å²) in [6.45, 7) is 9.66. The van der Waals surface area contributed by atoms with E-state index in [0.717, 1.165) is 17.0 Å². The van der Waals surface area contributed by atoms with Crippen molar-refractivity contribution in [2.24, 2.45) is 5.92 Å². The van der Waals surface area contributed by atoms with E-state index in [1.165, 1.54) is 0 Å². The topological polar surface area (TPSA) is 53.7 Å². The van der Waals surface area contributed by atoms with Crippen LogP contribution < -0.4 is 4.90 Å². The van der Waals surface area contributed by atoms with E-state index in [0.29, 0.717) is 19.0 Å². The van der Waals surface area contributed by atoms with Crippen LogP contribution in [0.4, 0.5) is 5.82 Å². The van der Waals surface area contributed by atoms with Crippen LogP contribution in [-0.2, 0) is 0 Å². The number of aromatic nitrogens is 3. The maximum atomic E-state index is 10.4. The molecule has 0 saturated carbocycles. The van der Waals surface area contributed by atoms with Gasteiger partial charge in [-0.2, -0.15) is 5.10 Å². The summed E-state index contributed by atoms with van der Waals surface area (Å²) in [5, 5.41) is 15.0. The van der Waals surface area contributed by atoms with E-state index in [4.69, 9.17) is 0 Å². The van der Waals surface area contributed by atoms with Crippen LogP contribution >= 0.6 is 0 Å². The molecule has 0 aliphatic carbocycles. The Labute approximate surface area is 119 Å². The Morgan fingerprint density at radius 1 is 1.25 bits per heavy atom. The van der Waals surface area contributed by atoms with E-state index >= 15 is 0 Å². The maximum absolute atomic E-state index is 10.4. The summed E-state index contributed by atoms with van der Waals surface area (Å²) in [4.78, 5) is 6.61. The van der Waals surface area contributed by atoms with Gasteiger partial charge in [0.25, 0.3) is 0 Å². The van der Waals surface area contributed by atoms with Gasteiger partial charge in [0, 0.05) is 12.4 Å². The molecule has 1 aliphatic rings. The van der Waals surface area contributed by atoms with E-state index in [1.54, 1.807) is 6.20 Å². The Kier molecular flexibility index (Phi) is 2.97. The minimum atomic E-state index is -0.588. The number of hydrogen-bond donors (Lipinski definition) is 1. The quantitative estimate of drug-likeness (QED) is 0.931. The second kappa shape index (κ2) is 4.45. The molecule has 1 N–H and O–H groups in total. The van der Waals surface area contributed by atoms with E-state index in [9.17, 15) is 5.11 Å². The summed E-state index contributed by atoms with van der Waals surface area (Å²) >= 11 is 0. The summed E-state index contributed by atoms with van der Waals surface area (Å²) < 4.78 is 1.88. The molecular weight excluding hydrogens is 252 g/mol. The number of aliphatic hydroxyl groups is 1. The molecule has 5 heteroatoms. The third-order valence-corrected chi connectivity index (χ3v) is 4.28. The minimum Gasteiger partial charge on any atom is -0.386 e. The van der Waals surface area contributed by atoms with Gasteiger partial charge >= 0.3 is 0 Å². The molecular formula is C15H22N4O. The number of hydrogen-bond acceptors (Lipinski definition) is 4. The molecule has 0 atom stereocenters. The number of anilines is 1. The second-order valence-electron chi connectivity index (χ2n) is 6.42. The summed E-state index contributed by atoms with van der Waals surface area (Å²) in [6.07, 6.45) is 3.64. The highest BCUT2D eigenvalue weighted by Crippen LogP contribution is 2.34. The first-order valence-electron chi connectivity index (χ1n) is 7.22. The van der Waals surface area contributed by atoms with Crippen molar-refractivity contribution in [3.8, 4) is 0 Å². The standard InChI is InChI=1S/C15H22N4O/c1-10(2)12-7-13-14(16-5-6-19(13)17-12)18-8-15(20,9-18)11(3)4/h5-7,10-11,20H,8-9H2,1-4H3. The first kappa shape index (κ1) is 13.4. The smallest absolute Gasteiger partial charge is 0.154 e. The van der Waals surface area contributed by atoms with Crippen molar-refractivity contribution in [1.82, 2.24) is 14.6 Å². The van der Waals surface area contributed by atoms with E-state index in [1.807, 2.05) is 10.7 Å². The Balaban J connectivity index is 1.93. The highest BCUT2D eigenvalue weighted by molar-refractivity contribution is 5.70. The van der Waals surface area contributed by atoms with Gasteiger partial charge in [-0.05, 0) is 17.9 Å². The van der Waals surface area contributed by atoms with Crippen LogP contribution in [0.25, 0.3) is 5.52 Å². The molecule has 0 aromatic carbocycles. The molecule has 20 heavy (non-hydrogen) atoms. The van der Waals surface area contributed by atoms with Crippen LogP contribution in [0.3, 0.4) is 0 Å². The second-order valence-corrected chi connectivity index (χ2v) is 6.42. The lowest BCUT2D eigenvalue weighted by Gasteiger charge is -2.49. The Morgan fingerprint density at radius 3 is 2.55 bits per heavy atom. The molecule has 2 aromatic rings. The number of rotatable bonds is 3. The number of nitrogens with zero attached hydrogens (tertiary/aromatic N) is 4. The van der Waals surface area contributed by atoms with Crippen LogP contribution in [0.15, 0.2) is 18.5 Å². The molecule has 3 rings (SSSR count). The van der Waals surface area contributed by atoms with E-state index in [-0.39, 0.29) is 5.92 Å². The summed E-state index contributed by atoms with van der Waals surface area (Å²) in [5.74, 6) is 1.57. The number of fused-ring (bicyclic) bond motifs is 1. The van der Waals surface area contributed by atoms with Gasteiger partial charge in [-0.3, -0.25) is 0 Å². The average molecular weight is 274 g/mol. The lowest BCUT2D eigenvalue weighted by atomic mass is 9.83. The zero-order chi connectivity index (χ0) is 14.5. The molecule has 0 amide bonds. The highest BCUT2D eigenvalue weighted by Gasteiger charge is 2.44. The van der Waals surface area contributed by atoms with Crippen LogP contribution in [0.2, 0.25) is 0 Å². The molecule has 0 unspecified atom stereocenters. The maximum Gasteiger partial charge on any atom is 0.154 e. The van der Waals surface area contributed by atoms with Gasteiger partial charge in [-0.25, -0.2) is 9.50 Å². The van der Waals surface area contributed by atoms with Crippen LogP contribution in [0.1, 0.15) is 39.3 Å².